The van der Waals surface area contributed by atoms with Gasteiger partial charge in [-0.1, -0.05) is 23.7 Å². The molecule has 3 rings (SSSR count). The first-order valence-corrected chi connectivity index (χ1v) is 10.1. The molecule has 2 aromatic heterocycles. The topological polar surface area (TPSA) is 102 Å². The summed E-state index contributed by atoms with van der Waals surface area (Å²) >= 11 is 6.94. The number of H-pyrrole nitrogens is 1. The number of nitrogens with one attached hydrogen (secondary N) is 1. The van der Waals surface area contributed by atoms with Gasteiger partial charge in [-0.2, -0.15) is 0 Å². The number of halogens is 1. The first kappa shape index (κ1) is 21.9. The molecule has 1 N–H and O–H groups in total. The van der Waals surface area contributed by atoms with Crippen molar-refractivity contribution in [2.24, 2.45) is 0 Å². The van der Waals surface area contributed by atoms with Gasteiger partial charge >= 0.3 is 11.9 Å². The predicted molar refractivity (Wildman–Crippen MR) is 114 cm³/mol. The van der Waals surface area contributed by atoms with Crippen LogP contribution in [0.15, 0.2) is 29.1 Å². The van der Waals surface area contributed by atoms with E-state index in [1.807, 2.05) is 36.2 Å². The number of benzene rings is 1. The largest absolute Gasteiger partial charge is 0.469 e. The van der Waals surface area contributed by atoms with E-state index >= 15 is 0 Å². The Kier molecular flexibility index (Phi) is 6.86. The van der Waals surface area contributed by atoms with E-state index in [0.29, 0.717) is 28.8 Å². The van der Waals surface area contributed by atoms with Crippen LogP contribution in [0.1, 0.15) is 26.6 Å². The van der Waals surface area contributed by atoms with Gasteiger partial charge in [0, 0.05) is 17.1 Å². The van der Waals surface area contributed by atoms with Crippen molar-refractivity contribution < 1.29 is 19.1 Å². The highest BCUT2D eigenvalue weighted by Crippen LogP contribution is 2.29. The van der Waals surface area contributed by atoms with Crippen molar-refractivity contribution in [3.8, 4) is 0 Å². The van der Waals surface area contributed by atoms with E-state index in [4.69, 9.17) is 16.3 Å². The summed E-state index contributed by atoms with van der Waals surface area (Å²) in [5, 5.41) is 0.870. The third kappa shape index (κ3) is 4.86. The number of hydrogen-bond donors (Lipinski definition) is 1. The summed E-state index contributed by atoms with van der Waals surface area (Å²) in [7, 11) is 4.38. The van der Waals surface area contributed by atoms with Gasteiger partial charge in [0.2, 0.25) is 0 Å². The Bertz CT molecular complexity index is 1140. The summed E-state index contributed by atoms with van der Waals surface area (Å²) in [6.07, 6.45) is -0.221. The third-order valence-corrected chi connectivity index (χ3v) is 5.77. The molecule has 0 aliphatic carbocycles. The van der Waals surface area contributed by atoms with Crippen LogP contribution in [0.4, 0.5) is 0 Å². The van der Waals surface area contributed by atoms with E-state index in [1.165, 1.54) is 14.2 Å². The Morgan fingerprint density at radius 2 is 1.87 bits per heavy atom. The van der Waals surface area contributed by atoms with E-state index in [2.05, 4.69) is 14.7 Å². The van der Waals surface area contributed by atoms with Crippen LogP contribution in [0.3, 0.4) is 0 Å². The van der Waals surface area contributed by atoms with E-state index < -0.39 is 17.5 Å². The fraction of sp³-hybridized carbons (Fsp3) is 0.300. The van der Waals surface area contributed by atoms with E-state index in [0.717, 1.165) is 16.9 Å². The van der Waals surface area contributed by atoms with Crippen LogP contribution < -0.4 is 5.56 Å². The monoisotopic (exact) mass is 449 g/mol. The molecule has 0 spiro atoms. The lowest BCUT2D eigenvalue weighted by atomic mass is 10.1. The van der Waals surface area contributed by atoms with E-state index in [1.54, 1.807) is 0 Å². The Morgan fingerprint density at radius 3 is 2.50 bits per heavy atom. The van der Waals surface area contributed by atoms with Crippen LogP contribution >= 0.6 is 22.9 Å². The van der Waals surface area contributed by atoms with Crippen molar-refractivity contribution in [1.82, 2.24) is 14.9 Å². The molecule has 10 heteroatoms. The zero-order chi connectivity index (χ0) is 21.8. The highest BCUT2D eigenvalue weighted by molar-refractivity contribution is 7.20. The average molecular weight is 450 g/mol. The van der Waals surface area contributed by atoms with Gasteiger partial charge < -0.3 is 14.5 Å². The van der Waals surface area contributed by atoms with Crippen molar-refractivity contribution in [2.75, 3.05) is 21.3 Å². The second-order valence-electron chi connectivity index (χ2n) is 6.65. The number of esters is 2. The van der Waals surface area contributed by atoms with Crippen molar-refractivity contribution in [2.45, 2.75) is 19.5 Å². The molecule has 0 amide bonds. The van der Waals surface area contributed by atoms with E-state index in [9.17, 15) is 14.4 Å². The molecule has 158 valence electrons. The Morgan fingerprint density at radius 1 is 1.17 bits per heavy atom. The molecule has 0 saturated carbocycles. The second kappa shape index (κ2) is 9.38. The number of aromatic nitrogens is 2. The number of thiophene rings is 1. The summed E-state index contributed by atoms with van der Waals surface area (Å²) in [5.74, 6) is -0.741. The van der Waals surface area contributed by atoms with Crippen LogP contribution in [-0.2, 0) is 33.8 Å². The number of nitrogens with zero attached hydrogens (tertiary/aromatic N) is 2. The molecule has 3 aromatic rings. The fourth-order valence-electron chi connectivity index (χ4n) is 3.04. The zero-order valence-corrected chi connectivity index (χ0v) is 18.2. The number of carbonyl (C=O) groups is 2. The molecule has 0 radical (unpaired) electrons. The van der Waals surface area contributed by atoms with Gasteiger partial charge in [-0.3, -0.25) is 14.5 Å². The maximum Gasteiger partial charge on any atom is 0.348 e. The van der Waals surface area contributed by atoms with Crippen LogP contribution in [0.2, 0.25) is 5.02 Å². The number of aromatic amines is 1. The highest BCUT2D eigenvalue weighted by atomic mass is 35.5. The van der Waals surface area contributed by atoms with Gasteiger partial charge in [-0.15, -0.1) is 11.3 Å². The molecule has 30 heavy (non-hydrogen) atoms. The zero-order valence-electron chi connectivity index (χ0n) is 16.7. The Hall–Kier alpha value is -2.75. The first-order valence-electron chi connectivity index (χ1n) is 8.95. The molecule has 0 unspecified atom stereocenters. The fourth-order valence-corrected chi connectivity index (χ4v) is 4.30. The van der Waals surface area contributed by atoms with Crippen molar-refractivity contribution in [1.29, 1.82) is 0 Å². The number of ether oxygens (including phenoxy) is 2. The smallest absolute Gasteiger partial charge is 0.348 e. The third-order valence-electron chi connectivity index (χ3n) is 4.41. The summed E-state index contributed by atoms with van der Waals surface area (Å²) in [5.41, 5.74) is 0.915. The number of hydrogen-bond acceptors (Lipinski definition) is 8. The van der Waals surface area contributed by atoms with Crippen LogP contribution in [0.25, 0.3) is 10.2 Å². The lowest BCUT2D eigenvalue weighted by Crippen LogP contribution is -2.22. The number of carbonyl (C=O) groups excluding carboxylic acids is 2. The predicted octanol–water partition coefficient (Wildman–Crippen LogP) is 2.77. The molecule has 1 aromatic carbocycles. The summed E-state index contributed by atoms with van der Waals surface area (Å²) in [4.78, 5) is 46.5. The van der Waals surface area contributed by atoms with Gasteiger partial charge in [0.05, 0.1) is 32.6 Å². The highest BCUT2D eigenvalue weighted by Gasteiger charge is 2.24. The SMILES string of the molecule is COC(=O)Cc1c(C(=O)OC)sc2nc(CN(C)Cc3ccc(Cl)cc3)[nH]c(=O)c12. The summed E-state index contributed by atoms with van der Waals surface area (Å²) in [6, 6.07) is 7.50. The molecule has 2 heterocycles. The average Bonchev–Trinajstić information content (AvgIpc) is 3.07. The number of fused-ring (bicyclic) bond motifs is 1. The lowest BCUT2D eigenvalue weighted by molar-refractivity contribution is -0.139. The Labute approximate surface area is 181 Å². The normalized spacial score (nSPS) is 11.1. The van der Waals surface area contributed by atoms with Gasteiger partial charge in [0.25, 0.3) is 5.56 Å². The molecular formula is C20H20ClN3O5S. The van der Waals surface area contributed by atoms with Crippen LogP contribution in [0.5, 0.6) is 0 Å². The summed E-state index contributed by atoms with van der Waals surface area (Å²) in [6.45, 7) is 1.01. The minimum atomic E-state index is -0.627. The van der Waals surface area contributed by atoms with Gasteiger partial charge in [-0.05, 0) is 24.7 Å². The van der Waals surface area contributed by atoms with Crippen LogP contribution in [0, 0.1) is 0 Å². The van der Waals surface area contributed by atoms with Crippen molar-refractivity contribution in [3.05, 3.63) is 61.5 Å². The van der Waals surface area contributed by atoms with Crippen molar-refractivity contribution in [3.63, 3.8) is 0 Å². The molecule has 0 fully saturated rings. The quantitative estimate of drug-likeness (QED) is 0.553. The van der Waals surface area contributed by atoms with E-state index in [-0.39, 0.29) is 22.2 Å². The molecule has 8 nitrogen and oxygen atoms in total. The maximum absolute atomic E-state index is 12.8. The molecular weight excluding hydrogens is 430 g/mol. The molecule has 0 atom stereocenters. The van der Waals surface area contributed by atoms with Crippen molar-refractivity contribution >= 4 is 45.1 Å². The minimum absolute atomic E-state index is 0.169. The van der Waals surface area contributed by atoms with Crippen LogP contribution in [-0.4, -0.2) is 48.1 Å². The summed E-state index contributed by atoms with van der Waals surface area (Å²) < 4.78 is 9.48. The molecule has 0 bridgehead atoms. The van der Waals surface area contributed by atoms with Gasteiger partial charge in [0.15, 0.2) is 0 Å². The van der Waals surface area contributed by atoms with Gasteiger partial charge in [-0.25, -0.2) is 9.78 Å². The Balaban J connectivity index is 1.92. The molecule has 0 saturated heterocycles. The first-order chi connectivity index (χ1) is 14.3. The molecule has 0 aliphatic heterocycles. The lowest BCUT2D eigenvalue weighted by Gasteiger charge is -2.16. The molecule has 0 aliphatic rings. The second-order valence-corrected chi connectivity index (χ2v) is 8.08. The minimum Gasteiger partial charge on any atom is -0.469 e. The number of methoxy groups -OCH3 is 2. The number of rotatable bonds is 7. The van der Waals surface area contributed by atoms with Gasteiger partial charge in [0.1, 0.15) is 15.5 Å². The standard InChI is InChI=1S/C20H20ClN3O5S/c1-24(9-11-4-6-12(21)7-5-11)10-14-22-18(26)16-13(8-15(25)28-2)17(20(27)29-3)30-19(16)23-14/h4-7H,8-10H2,1-3H3,(H,22,23,26). The maximum atomic E-state index is 12.8.